The van der Waals surface area contributed by atoms with E-state index in [1.165, 1.54) is 0 Å². The summed E-state index contributed by atoms with van der Waals surface area (Å²) >= 11 is 3.47. The molecular formula is C16H19BrN2O. The van der Waals surface area contributed by atoms with E-state index in [4.69, 9.17) is 10.5 Å². The van der Waals surface area contributed by atoms with Gasteiger partial charge in [-0.3, -0.25) is 0 Å². The summed E-state index contributed by atoms with van der Waals surface area (Å²) in [6.45, 7) is 4.84. The number of aryl methyl sites for hydroxylation is 1. The lowest BCUT2D eigenvalue weighted by atomic mass is 10.2. The van der Waals surface area contributed by atoms with E-state index >= 15 is 0 Å². The number of halogens is 1. The van der Waals surface area contributed by atoms with Crippen LogP contribution in [0.3, 0.4) is 0 Å². The SMILES string of the molecule is CCCOc1cc(N)cc(Nc2ccc(Br)cc2C)c1. The highest BCUT2D eigenvalue weighted by Gasteiger charge is 2.03. The Kier molecular flexibility index (Phi) is 4.90. The van der Waals surface area contributed by atoms with Crippen LogP contribution in [0.2, 0.25) is 0 Å². The van der Waals surface area contributed by atoms with Crippen LogP contribution >= 0.6 is 15.9 Å². The second-order valence-electron chi connectivity index (χ2n) is 4.72. The zero-order chi connectivity index (χ0) is 14.5. The molecule has 0 aliphatic carbocycles. The number of rotatable bonds is 5. The third kappa shape index (κ3) is 3.90. The van der Waals surface area contributed by atoms with Crippen molar-refractivity contribution in [1.82, 2.24) is 0 Å². The predicted octanol–water partition coefficient (Wildman–Crippen LogP) is 4.87. The Morgan fingerprint density at radius 1 is 1.20 bits per heavy atom. The first kappa shape index (κ1) is 14.7. The lowest BCUT2D eigenvalue weighted by Crippen LogP contribution is -1.99. The summed E-state index contributed by atoms with van der Waals surface area (Å²) < 4.78 is 6.71. The van der Waals surface area contributed by atoms with Crippen molar-refractivity contribution < 1.29 is 4.74 Å². The van der Waals surface area contributed by atoms with E-state index < -0.39 is 0 Å². The van der Waals surface area contributed by atoms with E-state index in [-0.39, 0.29) is 0 Å². The average molecular weight is 335 g/mol. The highest BCUT2D eigenvalue weighted by molar-refractivity contribution is 9.10. The molecule has 0 saturated heterocycles. The molecule has 2 aromatic rings. The summed E-state index contributed by atoms with van der Waals surface area (Å²) in [5, 5.41) is 3.38. The zero-order valence-corrected chi connectivity index (χ0v) is 13.3. The van der Waals surface area contributed by atoms with Crippen LogP contribution in [0.4, 0.5) is 17.1 Å². The minimum Gasteiger partial charge on any atom is -0.493 e. The molecule has 2 rings (SSSR count). The van der Waals surface area contributed by atoms with Crippen LogP contribution in [0.15, 0.2) is 40.9 Å². The van der Waals surface area contributed by atoms with E-state index in [0.717, 1.165) is 33.6 Å². The summed E-state index contributed by atoms with van der Waals surface area (Å²) in [7, 11) is 0. The molecule has 3 N–H and O–H groups in total. The number of hydrogen-bond acceptors (Lipinski definition) is 3. The van der Waals surface area contributed by atoms with Crippen LogP contribution in [0.25, 0.3) is 0 Å². The van der Waals surface area contributed by atoms with Gasteiger partial charge in [-0.05, 0) is 43.2 Å². The number of ether oxygens (including phenoxy) is 1. The third-order valence-corrected chi connectivity index (χ3v) is 3.36. The summed E-state index contributed by atoms with van der Waals surface area (Å²) in [6, 6.07) is 11.8. The normalized spacial score (nSPS) is 10.3. The standard InChI is InChI=1S/C16H19BrN2O/c1-3-6-20-15-9-13(18)8-14(10-15)19-16-5-4-12(17)7-11(16)2/h4-5,7-10,19H,3,6,18H2,1-2H3. The molecule has 106 valence electrons. The lowest BCUT2D eigenvalue weighted by Gasteiger charge is -2.13. The summed E-state index contributed by atoms with van der Waals surface area (Å²) in [5.74, 6) is 0.795. The number of nitrogens with one attached hydrogen (secondary N) is 1. The Morgan fingerprint density at radius 2 is 2.00 bits per heavy atom. The Labute approximate surface area is 128 Å². The van der Waals surface area contributed by atoms with E-state index in [1.807, 2.05) is 30.3 Å². The number of hydrogen-bond donors (Lipinski definition) is 2. The molecule has 0 atom stereocenters. The van der Waals surface area contributed by atoms with Crippen molar-refractivity contribution in [3.8, 4) is 5.75 Å². The molecule has 0 amide bonds. The molecule has 0 fully saturated rings. The molecule has 0 radical (unpaired) electrons. The van der Waals surface area contributed by atoms with Crippen molar-refractivity contribution in [2.24, 2.45) is 0 Å². The van der Waals surface area contributed by atoms with Gasteiger partial charge in [0.2, 0.25) is 0 Å². The van der Waals surface area contributed by atoms with E-state index in [0.29, 0.717) is 12.3 Å². The van der Waals surface area contributed by atoms with E-state index in [1.54, 1.807) is 0 Å². The first-order chi connectivity index (χ1) is 9.58. The second-order valence-corrected chi connectivity index (χ2v) is 5.64. The number of anilines is 3. The van der Waals surface area contributed by atoms with Crippen LogP contribution in [0.5, 0.6) is 5.75 Å². The molecule has 0 spiro atoms. The monoisotopic (exact) mass is 334 g/mol. The molecule has 0 aliphatic rings. The Morgan fingerprint density at radius 3 is 2.70 bits per heavy atom. The quantitative estimate of drug-likeness (QED) is 0.766. The molecule has 0 bridgehead atoms. The summed E-state index contributed by atoms with van der Waals surface area (Å²) in [5.41, 5.74) is 9.76. The van der Waals surface area contributed by atoms with Crippen LogP contribution in [0, 0.1) is 6.92 Å². The smallest absolute Gasteiger partial charge is 0.123 e. The van der Waals surface area contributed by atoms with Gasteiger partial charge in [0, 0.05) is 33.7 Å². The molecule has 20 heavy (non-hydrogen) atoms. The van der Waals surface area contributed by atoms with Gasteiger partial charge in [0.05, 0.1) is 6.61 Å². The third-order valence-electron chi connectivity index (χ3n) is 2.87. The maximum atomic E-state index is 5.92. The van der Waals surface area contributed by atoms with Gasteiger partial charge in [-0.2, -0.15) is 0 Å². The average Bonchev–Trinajstić information content (AvgIpc) is 2.39. The van der Waals surface area contributed by atoms with Gasteiger partial charge < -0.3 is 15.8 Å². The van der Waals surface area contributed by atoms with Crippen LogP contribution in [-0.4, -0.2) is 6.61 Å². The van der Waals surface area contributed by atoms with E-state index in [2.05, 4.69) is 41.2 Å². The van der Waals surface area contributed by atoms with Gasteiger partial charge in [0.1, 0.15) is 5.75 Å². The van der Waals surface area contributed by atoms with Crippen LogP contribution in [-0.2, 0) is 0 Å². The molecule has 0 aliphatic heterocycles. The van der Waals surface area contributed by atoms with Crippen molar-refractivity contribution in [2.45, 2.75) is 20.3 Å². The summed E-state index contributed by atoms with van der Waals surface area (Å²) in [4.78, 5) is 0. The highest BCUT2D eigenvalue weighted by Crippen LogP contribution is 2.28. The molecular weight excluding hydrogens is 316 g/mol. The van der Waals surface area contributed by atoms with Gasteiger partial charge in [-0.25, -0.2) is 0 Å². The second kappa shape index (κ2) is 6.66. The predicted molar refractivity (Wildman–Crippen MR) is 88.8 cm³/mol. The first-order valence-corrected chi connectivity index (χ1v) is 7.44. The summed E-state index contributed by atoms with van der Waals surface area (Å²) in [6.07, 6.45) is 0.976. The topological polar surface area (TPSA) is 47.3 Å². The number of nitrogens with two attached hydrogens (primary N) is 1. The number of nitrogen functional groups attached to an aromatic ring is 1. The van der Waals surface area contributed by atoms with Gasteiger partial charge >= 0.3 is 0 Å². The Hall–Kier alpha value is -1.68. The van der Waals surface area contributed by atoms with E-state index in [9.17, 15) is 0 Å². The van der Waals surface area contributed by atoms with Crippen molar-refractivity contribution in [3.05, 3.63) is 46.4 Å². The van der Waals surface area contributed by atoms with Gasteiger partial charge in [-0.1, -0.05) is 22.9 Å². The first-order valence-electron chi connectivity index (χ1n) is 6.65. The minimum absolute atomic E-state index is 0.691. The van der Waals surface area contributed by atoms with Crippen LogP contribution < -0.4 is 15.8 Å². The van der Waals surface area contributed by atoms with Gasteiger partial charge in [0.25, 0.3) is 0 Å². The molecule has 0 saturated carbocycles. The molecule has 0 unspecified atom stereocenters. The van der Waals surface area contributed by atoms with Crippen molar-refractivity contribution in [2.75, 3.05) is 17.7 Å². The molecule has 2 aromatic carbocycles. The van der Waals surface area contributed by atoms with Crippen molar-refractivity contribution in [3.63, 3.8) is 0 Å². The fraction of sp³-hybridized carbons (Fsp3) is 0.250. The highest BCUT2D eigenvalue weighted by atomic mass is 79.9. The van der Waals surface area contributed by atoms with Crippen LogP contribution in [0.1, 0.15) is 18.9 Å². The zero-order valence-electron chi connectivity index (χ0n) is 11.7. The largest absolute Gasteiger partial charge is 0.493 e. The molecule has 4 heteroatoms. The fourth-order valence-corrected chi connectivity index (χ4v) is 2.40. The van der Waals surface area contributed by atoms with Gasteiger partial charge in [-0.15, -0.1) is 0 Å². The number of benzene rings is 2. The maximum Gasteiger partial charge on any atom is 0.123 e. The van der Waals surface area contributed by atoms with Crippen molar-refractivity contribution >= 4 is 33.0 Å². The molecule has 0 aromatic heterocycles. The minimum atomic E-state index is 0.691. The van der Waals surface area contributed by atoms with Crippen molar-refractivity contribution in [1.29, 1.82) is 0 Å². The lowest BCUT2D eigenvalue weighted by molar-refractivity contribution is 0.318. The Bertz CT molecular complexity index is 599. The molecule has 0 heterocycles. The molecule has 3 nitrogen and oxygen atoms in total. The fourth-order valence-electron chi connectivity index (χ4n) is 1.92. The van der Waals surface area contributed by atoms with Gasteiger partial charge in [0.15, 0.2) is 0 Å². The maximum absolute atomic E-state index is 5.92. The Balaban J connectivity index is 2.21.